The van der Waals surface area contributed by atoms with Gasteiger partial charge in [-0.15, -0.1) is 0 Å². The molecule has 0 aromatic heterocycles. The summed E-state index contributed by atoms with van der Waals surface area (Å²) in [5, 5.41) is 10.6. The zero-order valence-electron chi connectivity index (χ0n) is 9.08. The number of rotatable bonds is 3. The van der Waals surface area contributed by atoms with Crippen LogP contribution in [0.5, 0.6) is 5.75 Å². The van der Waals surface area contributed by atoms with Gasteiger partial charge in [0.1, 0.15) is 5.75 Å². The van der Waals surface area contributed by atoms with Gasteiger partial charge in [-0.3, -0.25) is 14.7 Å². The second-order valence-electron chi connectivity index (χ2n) is 2.79. The van der Waals surface area contributed by atoms with Crippen LogP contribution in [0.25, 0.3) is 0 Å². The molecule has 1 aromatic carbocycles. The molecule has 0 aliphatic carbocycles. The maximum Gasteiger partial charge on any atom is 0.301 e. The molecule has 0 saturated carbocycles. The molecule has 0 atom stereocenters. The zero-order valence-corrected chi connectivity index (χ0v) is 11.9. The SMILES string of the molecule is COc1cc([N+](=O)[O-])c(S(=O)(=O)O)cc1N.[Na]. The van der Waals surface area contributed by atoms with Gasteiger partial charge in [0.2, 0.25) is 0 Å². The Labute approximate surface area is 119 Å². The van der Waals surface area contributed by atoms with Crippen LogP contribution < -0.4 is 10.5 Å². The average Bonchev–Trinajstić information content (AvgIpc) is 2.15. The largest absolute Gasteiger partial charge is 0.494 e. The van der Waals surface area contributed by atoms with Crippen LogP contribution in [-0.2, 0) is 10.1 Å². The number of hydrogen-bond acceptors (Lipinski definition) is 6. The van der Waals surface area contributed by atoms with Gasteiger partial charge in [-0.05, 0) is 6.07 Å². The van der Waals surface area contributed by atoms with E-state index in [9.17, 15) is 18.5 Å². The minimum Gasteiger partial charge on any atom is -0.494 e. The molecule has 0 aliphatic rings. The number of ether oxygens (including phenoxy) is 1. The zero-order chi connectivity index (χ0) is 12.5. The third-order valence-electron chi connectivity index (χ3n) is 1.79. The molecule has 0 spiro atoms. The van der Waals surface area contributed by atoms with Crippen molar-refractivity contribution in [3.63, 3.8) is 0 Å². The molecule has 0 aliphatic heterocycles. The third-order valence-corrected chi connectivity index (χ3v) is 2.67. The smallest absolute Gasteiger partial charge is 0.301 e. The molecule has 10 heteroatoms. The Balaban J connectivity index is 0.00000256. The van der Waals surface area contributed by atoms with E-state index in [0.29, 0.717) is 0 Å². The number of anilines is 1. The Bertz CT molecular complexity index is 544. The Kier molecular flexibility index (Phi) is 5.36. The van der Waals surface area contributed by atoms with Crippen molar-refractivity contribution < 1.29 is 22.6 Å². The minimum absolute atomic E-state index is 0. The van der Waals surface area contributed by atoms with E-state index in [-0.39, 0.29) is 41.0 Å². The average molecular weight is 271 g/mol. The van der Waals surface area contributed by atoms with Gasteiger partial charge in [-0.1, -0.05) is 0 Å². The summed E-state index contributed by atoms with van der Waals surface area (Å²) in [5.74, 6) is -0.0425. The van der Waals surface area contributed by atoms with E-state index in [0.717, 1.165) is 12.1 Å². The van der Waals surface area contributed by atoms with Crippen LogP contribution in [-0.4, -0.2) is 54.6 Å². The van der Waals surface area contributed by atoms with Gasteiger partial charge in [-0.2, -0.15) is 8.42 Å². The number of nitrogens with two attached hydrogens (primary N) is 1. The van der Waals surface area contributed by atoms with Gasteiger partial charge in [0, 0.05) is 29.6 Å². The number of benzene rings is 1. The van der Waals surface area contributed by atoms with Gasteiger partial charge in [0.05, 0.1) is 23.8 Å². The van der Waals surface area contributed by atoms with Crippen molar-refractivity contribution >= 4 is 51.1 Å². The van der Waals surface area contributed by atoms with Crippen LogP contribution in [0, 0.1) is 10.1 Å². The van der Waals surface area contributed by atoms with Crippen LogP contribution in [0.1, 0.15) is 0 Å². The summed E-state index contributed by atoms with van der Waals surface area (Å²) in [7, 11) is -3.48. The predicted octanol–water partition coefficient (Wildman–Crippen LogP) is 0.0515. The Morgan fingerprint density at radius 3 is 2.35 bits per heavy atom. The molecular weight excluding hydrogens is 263 g/mol. The van der Waals surface area contributed by atoms with Crippen molar-refractivity contribution in [3.05, 3.63) is 22.2 Å². The van der Waals surface area contributed by atoms with E-state index >= 15 is 0 Å². The standard InChI is InChI=1S/C7H8N2O6S.Na/c1-15-6-3-5(9(10)11)7(2-4(6)8)16(12,13)14;/h2-3H,8H2,1H3,(H,12,13,14);. The molecule has 89 valence electrons. The Hall–Kier alpha value is -0.870. The minimum atomic E-state index is -4.70. The van der Waals surface area contributed by atoms with E-state index < -0.39 is 25.6 Å². The Morgan fingerprint density at radius 1 is 1.47 bits per heavy atom. The van der Waals surface area contributed by atoms with Gasteiger partial charge >= 0.3 is 10.1 Å². The summed E-state index contributed by atoms with van der Waals surface area (Å²) in [6.07, 6.45) is 0. The van der Waals surface area contributed by atoms with Crippen molar-refractivity contribution in [2.24, 2.45) is 0 Å². The first-order valence-corrected chi connectivity index (χ1v) is 5.30. The first kappa shape index (κ1) is 16.1. The van der Waals surface area contributed by atoms with Gasteiger partial charge in [0.25, 0.3) is 5.69 Å². The monoisotopic (exact) mass is 271 g/mol. The van der Waals surface area contributed by atoms with Crippen molar-refractivity contribution in [2.75, 3.05) is 12.8 Å². The van der Waals surface area contributed by atoms with Gasteiger partial charge in [0.15, 0.2) is 4.90 Å². The maximum absolute atomic E-state index is 10.9. The molecule has 8 nitrogen and oxygen atoms in total. The van der Waals surface area contributed by atoms with Gasteiger partial charge in [-0.25, -0.2) is 0 Å². The number of methoxy groups -OCH3 is 1. The molecule has 0 unspecified atom stereocenters. The van der Waals surface area contributed by atoms with Gasteiger partial charge < -0.3 is 10.5 Å². The topological polar surface area (TPSA) is 133 Å². The molecule has 1 rings (SSSR count). The molecule has 0 fully saturated rings. The van der Waals surface area contributed by atoms with E-state index in [2.05, 4.69) is 0 Å². The predicted molar refractivity (Wildman–Crippen MR) is 59.6 cm³/mol. The fourth-order valence-electron chi connectivity index (χ4n) is 1.09. The fourth-order valence-corrected chi connectivity index (χ4v) is 1.76. The third kappa shape index (κ3) is 3.54. The van der Waals surface area contributed by atoms with Crippen LogP contribution in [0.4, 0.5) is 11.4 Å². The number of nitro groups is 1. The van der Waals surface area contributed by atoms with E-state index in [1.54, 1.807) is 0 Å². The Morgan fingerprint density at radius 2 is 2.00 bits per heavy atom. The molecule has 17 heavy (non-hydrogen) atoms. The molecule has 0 saturated heterocycles. The fraction of sp³-hybridized carbons (Fsp3) is 0.143. The van der Waals surface area contributed by atoms with Crippen molar-refractivity contribution in [3.8, 4) is 5.75 Å². The van der Waals surface area contributed by atoms with Crippen molar-refractivity contribution in [2.45, 2.75) is 4.90 Å². The van der Waals surface area contributed by atoms with E-state index in [1.165, 1.54) is 7.11 Å². The van der Waals surface area contributed by atoms with Crippen LogP contribution in [0.3, 0.4) is 0 Å². The molecule has 3 N–H and O–H groups in total. The van der Waals surface area contributed by atoms with Crippen molar-refractivity contribution in [1.29, 1.82) is 0 Å². The van der Waals surface area contributed by atoms with Crippen LogP contribution in [0.15, 0.2) is 17.0 Å². The molecular formula is C7H8N2NaO6S. The van der Waals surface area contributed by atoms with E-state index in [4.69, 9.17) is 15.0 Å². The second kappa shape index (κ2) is 5.65. The van der Waals surface area contributed by atoms with Crippen molar-refractivity contribution in [1.82, 2.24) is 0 Å². The quantitative estimate of drug-likeness (QED) is 0.261. The molecule has 0 bridgehead atoms. The molecule has 1 aromatic rings. The summed E-state index contributed by atoms with van der Waals surface area (Å²) < 4.78 is 35.2. The summed E-state index contributed by atoms with van der Waals surface area (Å²) in [6, 6.07) is 1.60. The summed E-state index contributed by atoms with van der Waals surface area (Å²) >= 11 is 0. The number of nitrogen functional groups attached to an aromatic ring is 1. The molecule has 0 amide bonds. The number of hydrogen-bond donors (Lipinski definition) is 2. The molecule has 1 radical (unpaired) electrons. The molecule has 0 heterocycles. The van der Waals surface area contributed by atoms with Crippen LogP contribution in [0.2, 0.25) is 0 Å². The summed E-state index contributed by atoms with van der Waals surface area (Å²) in [4.78, 5) is 8.76. The number of nitro benzene ring substituents is 1. The second-order valence-corrected chi connectivity index (χ2v) is 4.18. The number of nitrogens with zero attached hydrogens (tertiary/aromatic N) is 1. The maximum atomic E-state index is 10.9. The van der Waals surface area contributed by atoms with E-state index in [1.807, 2.05) is 0 Å². The summed E-state index contributed by atoms with van der Waals surface area (Å²) in [6.45, 7) is 0. The first-order valence-electron chi connectivity index (χ1n) is 3.86. The van der Waals surface area contributed by atoms with Crippen LogP contribution >= 0.6 is 0 Å². The summed E-state index contributed by atoms with van der Waals surface area (Å²) in [5.41, 5.74) is 4.45. The first-order chi connectivity index (χ1) is 7.27. The normalized spacial score (nSPS) is 10.5.